The highest BCUT2D eigenvalue weighted by Crippen LogP contribution is 2.69. The monoisotopic (exact) mass is 292 g/mol. The quantitative estimate of drug-likeness (QED) is 0.865. The molecule has 0 heterocycles. The first kappa shape index (κ1) is 15.3. The first-order valence-corrected chi connectivity index (χ1v) is 8.68. The molecule has 4 aliphatic carbocycles. The number of nitrogens with two attached hydrogens (primary N) is 1. The molecular weight excluding hydrogens is 260 g/mol. The van der Waals surface area contributed by atoms with Crippen LogP contribution in [-0.4, -0.2) is 30.4 Å². The lowest BCUT2D eigenvalue weighted by atomic mass is 9.40. The Morgan fingerprint density at radius 3 is 2.24 bits per heavy atom. The van der Waals surface area contributed by atoms with E-state index in [-0.39, 0.29) is 11.5 Å². The molecule has 0 aliphatic heterocycles. The summed E-state index contributed by atoms with van der Waals surface area (Å²) in [6.45, 7) is 7.65. The summed E-state index contributed by atoms with van der Waals surface area (Å²) in [4.78, 5) is 15.3. The van der Waals surface area contributed by atoms with E-state index in [2.05, 4.69) is 20.8 Å². The van der Waals surface area contributed by atoms with Gasteiger partial charge in [0.25, 0.3) is 0 Å². The molecule has 3 unspecified atom stereocenters. The zero-order chi connectivity index (χ0) is 15.5. The van der Waals surface area contributed by atoms with E-state index in [0.29, 0.717) is 23.3 Å². The van der Waals surface area contributed by atoms with Crippen LogP contribution in [0.15, 0.2) is 0 Å². The van der Waals surface area contributed by atoms with Gasteiger partial charge < -0.3 is 10.6 Å². The van der Waals surface area contributed by atoms with Gasteiger partial charge in [-0.1, -0.05) is 13.8 Å². The van der Waals surface area contributed by atoms with Crippen molar-refractivity contribution < 1.29 is 4.79 Å². The average molecular weight is 292 g/mol. The van der Waals surface area contributed by atoms with Gasteiger partial charge in [0.05, 0.1) is 5.41 Å². The Labute approximate surface area is 129 Å². The van der Waals surface area contributed by atoms with Crippen LogP contribution in [0.4, 0.5) is 0 Å². The molecule has 21 heavy (non-hydrogen) atoms. The molecule has 4 bridgehead atoms. The van der Waals surface area contributed by atoms with Gasteiger partial charge in [-0.2, -0.15) is 0 Å². The van der Waals surface area contributed by atoms with E-state index >= 15 is 0 Å². The van der Waals surface area contributed by atoms with E-state index in [1.54, 1.807) is 0 Å². The van der Waals surface area contributed by atoms with Crippen LogP contribution in [0, 0.1) is 22.2 Å². The Hall–Kier alpha value is -0.570. The minimum absolute atomic E-state index is 0.0689. The second-order valence-electron chi connectivity index (χ2n) is 9.25. The molecule has 0 aromatic carbocycles. The maximum Gasteiger partial charge on any atom is 0.228 e. The summed E-state index contributed by atoms with van der Waals surface area (Å²) < 4.78 is 0. The van der Waals surface area contributed by atoms with Crippen LogP contribution in [0.2, 0.25) is 0 Å². The second kappa shape index (κ2) is 4.71. The number of hydrogen-bond donors (Lipinski definition) is 1. The van der Waals surface area contributed by atoms with Crippen molar-refractivity contribution in [1.82, 2.24) is 4.90 Å². The Bertz CT molecular complexity index is 428. The lowest BCUT2D eigenvalue weighted by Crippen LogP contribution is -2.60. The fourth-order valence-corrected chi connectivity index (χ4v) is 6.70. The Balaban J connectivity index is 1.86. The predicted octanol–water partition coefficient (Wildman–Crippen LogP) is 3.18. The average Bonchev–Trinajstić information content (AvgIpc) is 2.32. The lowest BCUT2D eigenvalue weighted by Gasteiger charge is -2.65. The van der Waals surface area contributed by atoms with Crippen molar-refractivity contribution in [2.24, 2.45) is 27.9 Å². The number of hydrogen-bond acceptors (Lipinski definition) is 2. The second-order valence-corrected chi connectivity index (χ2v) is 9.25. The van der Waals surface area contributed by atoms with Crippen molar-refractivity contribution in [2.75, 3.05) is 13.6 Å². The van der Waals surface area contributed by atoms with Crippen molar-refractivity contribution in [3.63, 3.8) is 0 Å². The summed E-state index contributed by atoms with van der Waals surface area (Å²) in [6.07, 6.45) is 8.29. The maximum atomic E-state index is 13.3. The van der Waals surface area contributed by atoms with E-state index in [4.69, 9.17) is 5.73 Å². The molecule has 0 spiro atoms. The van der Waals surface area contributed by atoms with Crippen LogP contribution in [0.25, 0.3) is 0 Å². The van der Waals surface area contributed by atoms with E-state index in [0.717, 1.165) is 31.6 Å². The smallest absolute Gasteiger partial charge is 0.228 e. The predicted molar refractivity (Wildman–Crippen MR) is 85.7 cm³/mol. The third kappa shape index (κ3) is 2.42. The van der Waals surface area contributed by atoms with Crippen molar-refractivity contribution >= 4 is 5.91 Å². The largest absolute Gasteiger partial charge is 0.343 e. The Morgan fingerprint density at radius 2 is 1.76 bits per heavy atom. The van der Waals surface area contributed by atoms with Gasteiger partial charge in [0, 0.05) is 13.1 Å². The number of nitrogens with zero attached hydrogens (tertiary/aromatic N) is 1. The molecule has 3 nitrogen and oxygen atoms in total. The summed E-state index contributed by atoms with van der Waals surface area (Å²) in [5.74, 6) is 1.18. The molecule has 3 atom stereocenters. The van der Waals surface area contributed by atoms with E-state index in [1.165, 1.54) is 19.3 Å². The highest BCUT2D eigenvalue weighted by atomic mass is 16.2. The van der Waals surface area contributed by atoms with Gasteiger partial charge in [0.1, 0.15) is 0 Å². The molecule has 4 saturated carbocycles. The van der Waals surface area contributed by atoms with Gasteiger partial charge in [0.2, 0.25) is 5.91 Å². The van der Waals surface area contributed by atoms with Gasteiger partial charge in [-0.25, -0.2) is 0 Å². The molecule has 0 aromatic heterocycles. The fraction of sp³-hybridized carbons (Fsp3) is 0.944. The third-order valence-corrected chi connectivity index (χ3v) is 6.65. The van der Waals surface area contributed by atoms with Crippen LogP contribution < -0.4 is 5.73 Å². The third-order valence-electron chi connectivity index (χ3n) is 6.65. The fourth-order valence-electron chi connectivity index (χ4n) is 6.70. The van der Waals surface area contributed by atoms with Gasteiger partial charge in [-0.05, 0) is 75.2 Å². The molecule has 120 valence electrons. The molecular formula is C18H32N2O. The Morgan fingerprint density at radius 1 is 1.19 bits per heavy atom. The summed E-state index contributed by atoms with van der Waals surface area (Å²) in [7, 11) is 1.99. The summed E-state index contributed by atoms with van der Waals surface area (Å²) in [5.41, 5.74) is 6.42. The first-order valence-electron chi connectivity index (χ1n) is 8.68. The van der Waals surface area contributed by atoms with Crippen molar-refractivity contribution in [2.45, 2.75) is 71.8 Å². The normalized spacial score (nSPS) is 45.7. The number of rotatable bonds is 4. The highest BCUT2D eigenvalue weighted by molar-refractivity contribution is 5.83. The standard InChI is InChI=1S/C18H32N2O/c1-13(5-6-19)20(4)15(21)18-9-14-7-16(2,11-18)10-17(3,8-14)12-18/h13-14H,5-12,19H2,1-4H3. The van der Waals surface area contributed by atoms with Crippen molar-refractivity contribution in [3.05, 3.63) is 0 Å². The van der Waals surface area contributed by atoms with Gasteiger partial charge in [-0.3, -0.25) is 4.79 Å². The van der Waals surface area contributed by atoms with E-state index in [9.17, 15) is 4.79 Å². The lowest BCUT2D eigenvalue weighted by molar-refractivity contribution is -0.179. The molecule has 4 aliphatic rings. The number of amides is 1. The number of carbonyl (C=O) groups excluding carboxylic acids is 1. The van der Waals surface area contributed by atoms with Crippen LogP contribution in [0.3, 0.4) is 0 Å². The molecule has 0 aromatic rings. The Kier molecular flexibility index (Phi) is 3.44. The highest BCUT2D eigenvalue weighted by Gasteiger charge is 2.63. The molecule has 4 rings (SSSR count). The number of carbonyl (C=O) groups is 1. The van der Waals surface area contributed by atoms with Crippen LogP contribution in [0.1, 0.15) is 65.7 Å². The van der Waals surface area contributed by atoms with Gasteiger partial charge in [-0.15, -0.1) is 0 Å². The molecule has 1 amide bonds. The molecule has 2 N–H and O–H groups in total. The van der Waals surface area contributed by atoms with E-state index < -0.39 is 0 Å². The van der Waals surface area contributed by atoms with Crippen molar-refractivity contribution in [1.29, 1.82) is 0 Å². The van der Waals surface area contributed by atoms with Gasteiger partial charge in [0.15, 0.2) is 0 Å². The zero-order valence-electron chi connectivity index (χ0n) is 14.2. The summed E-state index contributed by atoms with van der Waals surface area (Å²) in [6, 6.07) is 0.260. The topological polar surface area (TPSA) is 46.3 Å². The molecule has 0 radical (unpaired) electrons. The van der Waals surface area contributed by atoms with Crippen LogP contribution in [-0.2, 0) is 4.79 Å². The van der Waals surface area contributed by atoms with E-state index in [1.807, 2.05) is 11.9 Å². The molecule has 3 heteroatoms. The van der Waals surface area contributed by atoms with Crippen molar-refractivity contribution in [3.8, 4) is 0 Å². The molecule has 0 saturated heterocycles. The SMILES string of the molecule is CC(CCN)N(C)C(=O)C12CC3CC(C)(CC(C)(C3)C1)C2. The van der Waals surface area contributed by atoms with Crippen LogP contribution >= 0.6 is 0 Å². The summed E-state index contributed by atoms with van der Waals surface area (Å²) >= 11 is 0. The minimum atomic E-state index is -0.0689. The van der Waals surface area contributed by atoms with Crippen LogP contribution in [0.5, 0.6) is 0 Å². The zero-order valence-corrected chi connectivity index (χ0v) is 14.2. The first-order chi connectivity index (χ1) is 9.71. The van der Waals surface area contributed by atoms with Gasteiger partial charge >= 0.3 is 0 Å². The molecule has 4 fully saturated rings. The minimum Gasteiger partial charge on any atom is -0.343 e. The maximum absolute atomic E-state index is 13.3. The summed E-state index contributed by atoms with van der Waals surface area (Å²) in [5, 5.41) is 0.